The zero-order valence-electron chi connectivity index (χ0n) is 9.92. The van der Waals surface area contributed by atoms with Crippen molar-refractivity contribution < 1.29 is 0 Å². The normalized spacial score (nSPS) is 9.50. The highest BCUT2D eigenvalue weighted by molar-refractivity contribution is 6.17. The van der Waals surface area contributed by atoms with Crippen molar-refractivity contribution in [3.05, 3.63) is 35.9 Å². The van der Waals surface area contributed by atoms with Crippen LogP contribution in [0.4, 0.5) is 5.82 Å². The van der Waals surface area contributed by atoms with E-state index < -0.39 is 0 Å². The van der Waals surface area contributed by atoms with Crippen LogP contribution in [0.5, 0.6) is 0 Å². The van der Waals surface area contributed by atoms with E-state index in [1.54, 1.807) is 0 Å². The second kappa shape index (κ2) is 6.33. The van der Waals surface area contributed by atoms with E-state index in [1.807, 2.05) is 51.2 Å². The standard InChI is InChI=1S/C11H11ClN2.C2H6/c1-13-11-5-4-9-3-2-8(7-12)6-10(9)14-11;1-2/h2-6H,7H2,1H3,(H,13,14);1-2H3. The van der Waals surface area contributed by atoms with Gasteiger partial charge in [0.15, 0.2) is 0 Å². The van der Waals surface area contributed by atoms with Gasteiger partial charge in [0.2, 0.25) is 0 Å². The van der Waals surface area contributed by atoms with Crippen molar-refractivity contribution >= 4 is 28.3 Å². The average molecular weight is 237 g/mol. The third kappa shape index (κ3) is 2.86. The van der Waals surface area contributed by atoms with E-state index in [0.29, 0.717) is 5.88 Å². The van der Waals surface area contributed by atoms with Crippen LogP contribution in [-0.4, -0.2) is 12.0 Å². The highest BCUT2D eigenvalue weighted by atomic mass is 35.5. The van der Waals surface area contributed by atoms with Crippen LogP contribution in [0.1, 0.15) is 19.4 Å². The maximum absolute atomic E-state index is 5.76. The SMILES string of the molecule is CC.CNc1ccc2ccc(CCl)cc2n1. The number of pyridine rings is 1. The van der Waals surface area contributed by atoms with Crippen LogP contribution in [0.2, 0.25) is 0 Å². The fraction of sp³-hybridized carbons (Fsp3) is 0.308. The van der Waals surface area contributed by atoms with Crippen molar-refractivity contribution in [1.82, 2.24) is 4.98 Å². The molecule has 1 N–H and O–H groups in total. The lowest BCUT2D eigenvalue weighted by molar-refractivity contribution is 1.33. The number of nitrogens with one attached hydrogen (secondary N) is 1. The van der Waals surface area contributed by atoms with Crippen LogP contribution in [0, 0.1) is 0 Å². The predicted octanol–water partition coefficient (Wildman–Crippen LogP) is 4.04. The summed E-state index contributed by atoms with van der Waals surface area (Å²) < 4.78 is 0. The summed E-state index contributed by atoms with van der Waals surface area (Å²) in [5.41, 5.74) is 2.08. The number of fused-ring (bicyclic) bond motifs is 1. The van der Waals surface area contributed by atoms with Crippen molar-refractivity contribution in [1.29, 1.82) is 0 Å². The second-order valence-corrected chi connectivity index (χ2v) is 3.37. The van der Waals surface area contributed by atoms with Crippen LogP contribution in [0.25, 0.3) is 10.9 Å². The maximum atomic E-state index is 5.76. The molecule has 1 heterocycles. The fourth-order valence-electron chi connectivity index (χ4n) is 1.39. The van der Waals surface area contributed by atoms with Crippen LogP contribution < -0.4 is 5.32 Å². The van der Waals surface area contributed by atoms with Crippen molar-refractivity contribution in [3.8, 4) is 0 Å². The second-order valence-electron chi connectivity index (χ2n) is 3.11. The largest absolute Gasteiger partial charge is 0.373 e. The van der Waals surface area contributed by atoms with Gasteiger partial charge in [0.1, 0.15) is 5.82 Å². The highest BCUT2D eigenvalue weighted by Crippen LogP contribution is 2.17. The number of rotatable bonds is 2. The summed E-state index contributed by atoms with van der Waals surface area (Å²) in [6, 6.07) is 10.1. The topological polar surface area (TPSA) is 24.9 Å². The van der Waals surface area contributed by atoms with Crippen molar-refractivity contribution in [2.75, 3.05) is 12.4 Å². The van der Waals surface area contributed by atoms with Gasteiger partial charge in [-0.1, -0.05) is 26.0 Å². The van der Waals surface area contributed by atoms with Gasteiger partial charge in [-0.25, -0.2) is 4.98 Å². The number of anilines is 1. The number of halogens is 1. The van der Waals surface area contributed by atoms with E-state index >= 15 is 0 Å². The molecule has 2 nitrogen and oxygen atoms in total. The third-order valence-electron chi connectivity index (χ3n) is 2.17. The van der Waals surface area contributed by atoms with Crippen molar-refractivity contribution in [3.63, 3.8) is 0 Å². The van der Waals surface area contributed by atoms with Crippen LogP contribution in [-0.2, 0) is 5.88 Å². The van der Waals surface area contributed by atoms with Gasteiger partial charge in [-0.05, 0) is 23.8 Å². The van der Waals surface area contributed by atoms with Crippen molar-refractivity contribution in [2.24, 2.45) is 0 Å². The van der Waals surface area contributed by atoms with Gasteiger partial charge >= 0.3 is 0 Å². The Balaban J connectivity index is 0.000000606. The number of hydrogen-bond donors (Lipinski definition) is 1. The first-order valence-electron chi connectivity index (χ1n) is 5.47. The van der Waals surface area contributed by atoms with Crippen molar-refractivity contribution in [2.45, 2.75) is 19.7 Å². The van der Waals surface area contributed by atoms with Gasteiger partial charge in [0.25, 0.3) is 0 Å². The van der Waals surface area contributed by atoms with Gasteiger partial charge < -0.3 is 5.32 Å². The first-order valence-corrected chi connectivity index (χ1v) is 6.00. The minimum absolute atomic E-state index is 0.529. The summed E-state index contributed by atoms with van der Waals surface area (Å²) in [6.45, 7) is 4.00. The zero-order valence-corrected chi connectivity index (χ0v) is 10.7. The molecule has 1 aromatic heterocycles. The van der Waals surface area contributed by atoms with E-state index in [9.17, 15) is 0 Å². The Morgan fingerprint density at radius 3 is 2.50 bits per heavy atom. The summed E-state index contributed by atoms with van der Waals surface area (Å²) in [5.74, 6) is 1.41. The minimum atomic E-state index is 0.529. The van der Waals surface area contributed by atoms with Gasteiger partial charge in [-0.3, -0.25) is 0 Å². The van der Waals surface area contributed by atoms with Crippen LogP contribution >= 0.6 is 11.6 Å². The molecular weight excluding hydrogens is 220 g/mol. The smallest absolute Gasteiger partial charge is 0.126 e. The van der Waals surface area contributed by atoms with E-state index in [0.717, 1.165) is 22.3 Å². The molecule has 3 heteroatoms. The molecule has 0 atom stereocenters. The Morgan fingerprint density at radius 2 is 1.88 bits per heavy atom. The number of nitrogens with zero attached hydrogens (tertiary/aromatic N) is 1. The number of hydrogen-bond acceptors (Lipinski definition) is 2. The minimum Gasteiger partial charge on any atom is -0.373 e. The lowest BCUT2D eigenvalue weighted by Gasteiger charge is -2.03. The molecule has 0 saturated heterocycles. The summed E-state index contributed by atoms with van der Waals surface area (Å²) in [5, 5.41) is 4.15. The Hall–Kier alpha value is -1.28. The Kier molecular flexibility index (Phi) is 5.06. The first-order chi connectivity index (χ1) is 7.83. The molecular formula is C13H17ClN2. The van der Waals surface area contributed by atoms with Gasteiger partial charge in [-0.2, -0.15) is 0 Å². The molecule has 0 fully saturated rings. The molecule has 0 unspecified atom stereocenters. The summed E-state index contributed by atoms with van der Waals surface area (Å²) in [6.07, 6.45) is 0. The molecule has 0 aliphatic carbocycles. The van der Waals surface area contributed by atoms with Gasteiger partial charge in [-0.15, -0.1) is 11.6 Å². The van der Waals surface area contributed by atoms with Gasteiger partial charge in [0.05, 0.1) is 5.52 Å². The molecule has 0 amide bonds. The molecule has 0 spiro atoms. The molecule has 0 saturated carbocycles. The number of aromatic nitrogens is 1. The third-order valence-corrected chi connectivity index (χ3v) is 2.48. The molecule has 86 valence electrons. The maximum Gasteiger partial charge on any atom is 0.126 e. The highest BCUT2D eigenvalue weighted by Gasteiger charge is 1.98. The summed E-state index contributed by atoms with van der Waals surface area (Å²) in [4.78, 5) is 4.43. The lowest BCUT2D eigenvalue weighted by Crippen LogP contribution is -1.92. The quantitative estimate of drug-likeness (QED) is 0.796. The monoisotopic (exact) mass is 236 g/mol. The predicted molar refractivity (Wildman–Crippen MR) is 72.2 cm³/mol. The Bertz CT molecular complexity index is 416. The Morgan fingerprint density at radius 1 is 1.19 bits per heavy atom. The molecule has 16 heavy (non-hydrogen) atoms. The molecule has 2 rings (SSSR count). The first kappa shape index (κ1) is 12.8. The molecule has 0 aliphatic rings. The molecule has 2 aromatic rings. The van der Waals surface area contributed by atoms with Gasteiger partial charge in [0, 0.05) is 18.3 Å². The lowest BCUT2D eigenvalue weighted by atomic mass is 10.1. The van der Waals surface area contributed by atoms with Crippen LogP contribution in [0.15, 0.2) is 30.3 Å². The Labute approximate surface area is 102 Å². The zero-order chi connectivity index (χ0) is 12.0. The average Bonchev–Trinajstić information content (AvgIpc) is 2.39. The van der Waals surface area contributed by atoms with E-state index in [-0.39, 0.29) is 0 Å². The summed E-state index contributed by atoms with van der Waals surface area (Å²) >= 11 is 5.76. The molecule has 0 bridgehead atoms. The summed E-state index contributed by atoms with van der Waals surface area (Å²) in [7, 11) is 1.86. The van der Waals surface area contributed by atoms with E-state index in [2.05, 4.69) is 10.3 Å². The fourth-order valence-corrected chi connectivity index (χ4v) is 1.55. The van der Waals surface area contributed by atoms with Crippen LogP contribution in [0.3, 0.4) is 0 Å². The number of benzene rings is 1. The molecule has 1 aromatic carbocycles. The number of alkyl halides is 1. The molecule has 0 aliphatic heterocycles. The molecule has 0 radical (unpaired) electrons. The van der Waals surface area contributed by atoms with E-state index in [4.69, 9.17) is 11.6 Å². The van der Waals surface area contributed by atoms with E-state index in [1.165, 1.54) is 0 Å².